The summed E-state index contributed by atoms with van der Waals surface area (Å²) in [6.07, 6.45) is 3.49. The fraction of sp³-hybridized carbons (Fsp3) is 0.267. The van der Waals surface area contributed by atoms with E-state index < -0.39 is 16.0 Å². The SMILES string of the molecule is CS(=O)(=O)c1ccc(Oc2cncc(Br)c2)c2c1C[C@H](F)C2. The van der Waals surface area contributed by atoms with Gasteiger partial charge in [-0.25, -0.2) is 12.8 Å². The first-order valence-corrected chi connectivity index (χ1v) is 9.30. The van der Waals surface area contributed by atoms with E-state index in [1.165, 1.54) is 6.07 Å². The zero-order valence-corrected chi connectivity index (χ0v) is 14.1. The van der Waals surface area contributed by atoms with Crippen molar-refractivity contribution in [1.29, 1.82) is 0 Å². The van der Waals surface area contributed by atoms with Crippen molar-refractivity contribution in [1.82, 2.24) is 4.98 Å². The smallest absolute Gasteiger partial charge is 0.175 e. The number of nitrogens with zero attached hydrogens (tertiary/aromatic N) is 1. The van der Waals surface area contributed by atoms with Gasteiger partial charge in [-0.1, -0.05) is 0 Å². The van der Waals surface area contributed by atoms with Crippen molar-refractivity contribution in [3.8, 4) is 11.5 Å². The Morgan fingerprint density at radius 3 is 2.68 bits per heavy atom. The van der Waals surface area contributed by atoms with Crippen LogP contribution in [0, 0.1) is 0 Å². The summed E-state index contributed by atoms with van der Waals surface area (Å²) in [5.41, 5.74) is 1.14. The maximum atomic E-state index is 13.8. The van der Waals surface area contributed by atoms with Crippen molar-refractivity contribution in [2.45, 2.75) is 23.9 Å². The molecule has 1 aliphatic rings. The number of aromatic nitrogens is 1. The van der Waals surface area contributed by atoms with Gasteiger partial charge < -0.3 is 4.74 Å². The van der Waals surface area contributed by atoms with E-state index in [1.807, 2.05) is 0 Å². The molecule has 7 heteroatoms. The molecule has 2 aromatic rings. The highest BCUT2D eigenvalue weighted by Crippen LogP contribution is 2.38. The highest BCUT2D eigenvalue weighted by Gasteiger charge is 2.30. The van der Waals surface area contributed by atoms with Gasteiger partial charge in [0.1, 0.15) is 17.7 Å². The van der Waals surface area contributed by atoms with E-state index in [0.29, 0.717) is 22.6 Å². The first-order valence-electron chi connectivity index (χ1n) is 6.62. The average Bonchev–Trinajstić information content (AvgIpc) is 2.79. The summed E-state index contributed by atoms with van der Waals surface area (Å²) in [6.45, 7) is 0. The summed E-state index contributed by atoms with van der Waals surface area (Å²) in [5.74, 6) is 0.980. The molecule has 0 N–H and O–H groups in total. The molecule has 116 valence electrons. The Balaban J connectivity index is 2.06. The van der Waals surface area contributed by atoms with Gasteiger partial charge in [-0.3, -0.25) is 4.98 Å². The monoisotopic (exact) mass is 385 g/mol. The molecule has 3 rings (SSSR count). The Bertz CT molecular complexity index is 839. The Hall–Kier alpha value is -1.47. The third-order valence-corrected chi connectivity index (χ3v) is 5.12. The largest absolute Gasteiger partial charge is 0.455 e. The summed E-state index contributed by atoms with van der Waals surface area (Å²) in [4.78, 5) is 4.19. The molecule has 1 aromatic carbocycles. The zero-order chi connectivity index (χ0) is 15.9. The van der Waals surface area contributed by atoms with Crippen LogP contribution >= 0.6 is 15.9 Å². The molecule has 0 radical (unpaired) electrons. The predicted molar refractivity (Wildman–Crippen MR) is 83.9 cm³/mol. The highest BCUT2D eigenvalue weighted by molar-refractivity contribution is 9.10. The number of halogens is 2. The second-order valence-corrected chi connectivity index (χ2v) is 8.14. The summed E-state index contributed by atoms with van der Waals surface area (Å²) in [5, 5.41) is 0. The molecule has 0 saturated heterocycles. The topological polar surface area (TPSA) is 56.3 Å². The molecule has 1 aliphatic carbocycles. The van der Waals surface area contributed by atoms with Gasteiger partial charge in [-0.05, 0) is 39.7 Å². The predicted octanol–water partition coefficient (Wildman–Crippen LogP) is 3.48. The van der Waals surface area contributed by atoms with Crippen LogP contribution in [0.4, 0.5) is 4.39 Å². The Labute approximate surface area is 136 Å². The van der Waals surface area contributed by atoms with Crippen LogP contribution in [0.1, 0.15) is 11.1 Å². The molecule has 1 heterocycles. The summed E-state index contributed by atoms with van der Waals surface area (Å²) < 4.78 is 44.0. The molecule has 0 amide bonds. The van der Waals surface area contributed by atoms with Crippen LogP contribution < -0.4 is 4.74 Å². The van der Waals surface area contributed by atoms with Gasteiger partial charge >= 0.3 is 0 Å². The molecule has 4 nitrogen and oxygen atoms in total. The Morgan fingerprint density at radius 1 is 1.27 bits per heavy atom. The molecular weight excluding hydrogens is 373 g/mol. The van der Waals surface area contributed by atoms with E-state index in [2.05, 4.69) is 20.9 Å². The molecule has 1 aromatic heterocycles. The molecule has 0 fully saturated rings. The van der Waals surface area contributed by atoms with Gasteiger partial charge in [0.05, 0.1) is 11.1 Å². The second kappa shape index (κ2) is 5.62. The number of hydrogen-bond donors (Lipinski definition) is 0. The lowest BCUT2D eigenvalue weighted by molar-refractivity contribution is 0.346. The van der Waals surface area contributed by atoms with Gasteiger partial charge in [0.15, 0.2) is 9.84 Å². The van der Waals surface area contributed by atoms with Crippen molar-refractivity contribution in [3.05, 3.63) is 46.2 Å². The maximum absolute atomic E-state index is 13.8. The molecule has 0 bridgehead atoms. The van der Waals surface area contributed by atoms with E-state index >= 15 is 0 Å². The number of fused-ring (bicyclic) bond motifs is 1. The van der Waals surface area contributed by atoms with Crippen molar-refractivity contribution < 1.29 is 17.5 Å². The number of sulfone groups is 1. The minimum atomic E-state index is -3.39. The lowest BCUT2D eigenvalue weighted by atomic mass is 10.1. The van der Waals surface area contributed by atoms with E-state index in [4.69, 9.17) is 4.74 Å². The summed E-state index contributed by atoms with van der Waals surface area (Å²) in [7, 11) is -3.39. The fourth-order valence-corrected chi connectivity index (χ4v) is 3.94. The number of hydrogen-bond acceptors (Lipinski definition) is 4. The summed E-state index contributed by atoms with van der Waals surface area (Å²) in [6, 6.07) is 4.80. The quantitative estimate of drug-likeness (QED) is 0.811. The molecule has 0 spiro atoms. The standard InChI is InChI=1S/C15H13BrFNO3S/c1-22(19,20)15-3-2-14(12-5-10(17)6-13(12)15)21-11-4-9(16)7-18-8-11/h2-4,7-8,10H,5-6H2,1H3/t10-/m1/s1. The zero-order valence-electron chi connectivity index (χ0n) is 11.7. The van der Waals surface area contributed by atoms with Crippen molar-refractivity contribution in [3.63, 3.8) is 0 Å². The van der Waals surface area contributed by atoms with Crippen molar-refractivity contribution in [2.24, 2.45) is 0 Å². The molecule has 1 atom stereocenters. The van der Waals surface area contributed by atoms with Gasteiger partial charge in [0.2, 0.25) is 0 Å². The van der Waals surface area contributed by atoms with Crippen LogP contribution in [0.3, 0.4) is 0 Å². The first kappa shape index (κ1) is 15.4. The normalized spacial score (nSPS) is 17.3. The second-order valence-electron chi connectivity index (χ2n) is 5.24. The fourth-order valence-electron chi connectivity index (χ4n) is 2.63. The van der Waals surface area contributed by atoms with E-state index in [0.717, 1.165) is 10.7 Å². The maximum Gasteiger partial charge on any atom is 0.175 e. The van der Waals surface area contributed by atoms with E-state index in [-0.39, 0.29) is 17.7 Å². The summed E-state index contributed by atoms with van der Waals surface area (Å²) >= 11 is 3.30. The van der Waals surface area contributed by atoms with Gasteiger partial charge in [-0.2, -0.15) is 0 Å². The third-order valence-electron chi connectivity index (χ3n) is 3.50. The molecule has 22 heavy (non-hydrogen) atoms. The number of ether oxygens (including phenoxy) is 1. The van der Waals surface area contributed by atoms with Crippen LogP contribution in [-0.2, 0) is 22.7 Å². The molecule has 0 saturated carbocycles. The van der Waals surface area contributed by atoms with Gasteiger partial charge in [-0.15, -0.1) is 0 Å². The number of rotatable bonds is 3. The van der Waals surface area contributed by atoms with Crippen molar-refractivity contribution >= 4 is 25.8 Å². The average molecular weight is 386 g/mol. The lowest BCUT2D eigenvalue weighted by Gasteiger charge is -2.13. The molecule has 0 unspecified atom stereocenters. The van der Waals surface area contributed by atoms with Crippen molar-refractivity contribution in [2.75, 3.05) is 6.26 Å². The van der Waals surface area contributed by atoms with Gasteiger partial charge in [0.25, 0.3) is 0 Å². The highest BCUT2D eigenvalue weighted by atomic mass is 79.9. The van der Waals surface area contributed by atoms with Crippen LogP contribution in [0.2, 0.25) is 0 Å². The molecular formula is C15H13BrFNO3S. The van der Waals surface area contributed by atoms with Crippen LogP contribution in [0.25, 0.3) is 0 Å². The van der Waals surface area contributed by atoms with Crippen LogP contribution in [0.15, 0.2) is 40.0 Å². The van der Waals surface area contributed by atoms with E-state index in [1.54, 1.807) is 24.5 Å². The first-order chi connectivity index (χ1) is 10.3. The minimum Gasteiger partial charge on any atom is -0.455 e. The minimum absolute atomic E-state index is 0.103. The number of benzene rings is 1. The lowest BCUT2D eigenvalue weighted by Crippen LogP contribution is -2.03. The van der Waals surface area contributed by atoms with Gasteiger partial charge in [0, 0.05) is 35.3 Å². The van der Waals surface area contributed by atoms with Crippen LogP contribution in [0.5, 0.6) is 11.5 Å². The third kappa shape index (κ3) is 3.01. The number of pyridine rings is 1. The Morgan fingerprint density at radius 2 is 2.00 bits per heavy atom. The Kier molecular flexibility index (Phi) is 3.94. The van der Waals surface area contributed by atoms with E-state index in [9.17, 15) is 12.8 Å². The number of alkyl halides is 1. The molecule has 0 aliphatic heterocycles. The van der Waals surface area contributed by atoms with Crippen LogP contribution in [-0.4, -0.2) is 25.8 Å².